The van der Waals surface area contributed by atoms with E-state index in [1.807, 2.05) is 20.8 Å². The van der Waals surface area contributed by atoms with Gasteiger partial charge in [0.15, 0.2) is 0 Å². The summed E-state index contributed by atoms with van der Waals surface area (Å²) in [6.45, 7) is 7.31. The first kappa shape index (κ1) is 15.5. The molecule has 6 nitrogen and oxygen atoms in total. The fraction of sp³-hybridized carbons (Fsp3) is 0.417. The molecule has 106 valence electrons. The highest BCUT2D eigenvalue weighted by molar-refractivity contribution is 7.89. The summed E-state index contributed by atoms with van der Waals surface area (Å²) >= 11 is 0. The van der Waals surface area contributed by atoms with Crippen LogP contribution in [0.2, 0.25) is 0 Å². The molecule has 19 heavy (non-hydrogen) atoms. The third kappa shape index (κ3) is 4.88. The van der Waals surface area contributed by atoms with Gasteiger partial charge in [0.1, 0.15) is 0 Å². The smallest absolute Gasteiger partial charge is 0.319 e. The van der Waals surface area contributed by atoms with Gasteiger partial charge in [0.05, 0.1) is 4.90 Å². The number of urea groups is 1. The lowest BCUT2D eigenvalue weighted by atomic mass is 10.1. The van der Waals surface area contributed by atoms with E-state index in [1.54, 1.807) is 13.0 Å². The number of hydrogen-bond donors (Lipinski definition) is 3. The standard InChI is InChI=1S/C12H19N3O3S/c1-8-5-6-9(19(13,17)18)7-10(8)14-11(16)15-12(2,3)4/h5-7H,1-4H3,(H2,13,17,18)(H2,14,15,16). The fourth-order valence-electron chi connectivity index (χ4n) is 1.41. The number of amides is 2. The third-order valence-electron chi connectivity index (χ3n) is 2.27. The first-order valence-corrected chi connectivity index (χ1v) is 7.26. The number of benzene rings is 1. The molecule has 1 aromatic carbocycles. The molecule has 0 bridgehead atoms. The Kier molecular flexibility index (Phi) is 4.21. The summed E-state index contributed by atoms with van der Waals surface area (Å²) in [5.41, 5.74) is 0.778. The predicted molar refractivity (Wildman–Crippen MR) is 74.5 cm³/mol. The average molecular weight is 285 g/mol. The van der Waals surface area contributed by atoms with E-state index in [2.05, 4.69) is 10.6 Å². The molecule has 0 fully saturated rings. The van der Waals surface area contributed by atoms with Gasteiger partial charge in [-0.3, -0.25) is 0 Å². The number of nitrogens with one attached hydrogen (secondary N) is 2. The van der Waals surface area contributed by atoms with Gasteiger partial charge in [-0.15, -0.1) is 0 Å². The van der Waals surface area contributed by atoms with Gasteiger partial charge in [-0.05, 0) is 45.4 Å². The Morgan fingerprint density at radius 3 is 2.32 bits per heavy atom. The molecule has 0 unspecified atom stereocenters. The van der Waals surface area contributed by atoms with Crippen LogP contribution in [0.1, 0.15) is 26.3 Å². The van der Waals surface area contributed by atoms with E-state index < -0.39 is 16.1 Å². The topological polar surface area (TPSA) is 101 Å². The molecular weight excluding hydrogens is 266 g/mol. The minimum Gasteiger partial charge on any atom is -0.333 e. The largest absolute Gasteiger partial charge is 0.333 e. The average Bonchev–Trinajstić information content (AvgIpc) is 2.16. The van der Waals surface area contributed by atoms with Crippen molar-refractivity contribution < 1.29 is 13.2 Å². The summed E-state index contributed by atoms with van der Waals surface area (Å²) in [6, 6.07) is 3.93. The van der Waals surface area contributed by atoms with Crippen molar-refractivity contribution in [3.05, 3.63) is 23.8 Å². The number of rotatable bonds is 2. The molecular formula is C12H19N3O3S. The summed E-state index contributed by atoms with van der Waals surface area (Å²) in [5, 5.41) is 10.4. The fourth-order valence-corrected chi connectivity index (χ4v) is 1.95. The van der Waals surface area contributed by atoms with Gasteiger partial charge in [-0.25, -0.2) is 18.4 Å². The molecule has 1 aromatic rings. The molecule has 0 aliphatic carbocycles. The van der Waals surface area contributed by atoms with Crippen molar-refractivity contribution in [2.24, 2.45) is 5.14 Å². The molecule has 0 heterocycles. The normalized spacial score (nSPS) is 12.1. The lowest BCUT2D eigenvalue weighted by Crippen LogP contribution is -2.43. The van der Waals surface area contributed by atoms with Crippen molar-refractivity contribution in [1.82, 2.24) is 5.32 Å². The van der Waals surface area contributed by atoms with E-state index in [9.17, 15) is 13.2 Å². The summed E-state index contributed by atoms with van der Waals surface area (Å²) in [4.78, 5) is 11.7. The van der Waals surface area contributed by atoms with Gasteiger partial charge in [0.2, 0.25) is 10.0 Å². The van der Waals surface area contributed by atoms with Crippen molar-refractivity contribution >= 4 is 21.7 Å². The second-order valence-electron chi connectivity index (χ2n) is 5.35. The minimum atomic E-state index is -3.78. The van der Waals surface area contributed by atoms with Crippen LogP contribution in [0.25, 0.3) is 0 Å². The molecule has 0 saturated heterocycles. The van der Waals surface area contributed by atoms with Crippen molar-refractivity contribution in [2.75, 3.05) is 5.32 Å². The van der Waals surface area contributed by atoms with Crippen molar-refractivity contribution in [3.63, 3.8) is 0 Å². The van der Waals surface area contributed by atoms with Crippen LogP contribution in [-0.4, -0.2) is 20.0 Å². The highest BCUT2D eigenvalue weighted by atomic mass is 32.2. The Bertz CT molecular complexity index is 589. The number of nitrogens with two attached hydrogens (primary N) is 1. The maximum Gasteiger partial charge on any atom is 0.319 e. The van der Waals surface area contributed by atoms with Gasteiger partial charge in [-0.2, -0.15) is 0 Å². The minimum absolute atomic E-state index is 0.0378. The van der Waals surface area contributed by atoms with Gasteiger partial charge in [0, 0.05) is 11.2 Å². The second-order valence-corrected chi connectivity index (χ2v) is 6.91. The van der Waals surface area contributed by atoms with Gasteiger partial charge >= 0.3 is 6.03 Å². The molecule has 1 rings (SSSR count). The zero-order valence-electron chi connectivity index (χ0n) is 11.4. The summed E-state index contributed by atoms with van der Waals surface area (Å²) in [6.07, 6.45) is 0. The number of sulfonamides is 1. The van der Waals surface area contributed by atoms with Crippen LogP contribution in [0.15, 0.2) is 23.1 Å². The second kappa shape index (κ2) is 5.18. The number of carbonyl (C=O) groups excluding carboxylic acids is 1. The maximum absolute atomic E-state index is 11.7. The molecule has 0 atom stereocenters. The lowest BCUT2D eigenvalue weighted by Gasteiger charge is -2.21. The van der Waals surface area contributed by atoms with Crippen LogP contribution in [0.5, 0.6) is 0 Å². The van der Waals surface area contributed by atoms with Crippen LogP contribution in [0, 0.1) is 6.92 Å². The van der Waals surface area contributed by atoms with Crippen molar-refractivity contribution in [2.45, 2.75) is 38.1 Å². The van der Waals surface area contributed by atoms with Crippen molar-refractivity contribution in [3.8, 4) is 0 Å². The maximum atomic E-state index is 11.7. The SMILES string of the molecule is Cc1ccc(S(N)(=O)=O)cc1NC(=O)NC(C)(C)C. The molecule has 0 aliphatic heterocycles. The molecule has 2 amide bonds. The summed E-state index contributed by atoms with van der Waals surface area (Å²) in [5.74, 6) is 0. The highest BCUT2D eigenvalue weighted by Gasteiger charge is 2.15. The number of aryl methyl sites for hydroxylation is 1. The quantitative estimate of drug-likeness (QED) is 0.768. The Labute approximate surface area is 113 Å². The van der Waals surface area contributed by atoms with Gasteiger partial charge in [0.25, 0.3) is 0 Å². The molecule has 4 N–H and O–H groups in total. The number of hydrogen-bond acceptors (Lipinski definition) is 3. The molecule has 0 spiro atoms. The summed E-state index contributed by atoms with van der Waals surface area (Å²) in [7, 11) is -3.78. The van der Waals surface area contributed by atoms with E-state index in [0.29, 0.717) is 5.69 Å². The van der Waals surface area contributed by atoms with Crippen molar-refractivity contribution in [1.29, 1.82) is 0 Å². The predicted octanol–water partition coefficient (Wildman–Crippen LogP) is 1.56. The van der Waals surface area contributed by atoms with Crippen LogP contribution in [-0.2, 0) is 10.0 Å². The zero-order valence-corrected chi connectivity index (χ0v) is 12.3. The highest BCUT2D eigenvalue weighted by Crippen LogP contribution is 2.19. The van der Waals surface area contributed by atoms with E-state index in [-0.39, 0.29) is 10.4 Å². The number of primary sulfonamides is 1. The van der Waals surface area contributed by atoms with Crippen LogP contribution < -0.4 is 15.8 Å². The first-order valence-electron chi connectivity index (χ1n) is 5.72. The Hall–Kier alpha value is -1.60. The van der Waals surface area contributed by atoms with E-state index in [0.717, 1.165) is 5.56 Å². The molecule has 0 saturated carbocycles. The Morgan fingerprint density at radius 2 is 1.84 bits per heavy atom. The van der Waals surface area contributed by atoms with E-state index in [1.165, 1.54) is 12.1 Å². The molecule has 0 radical (unpaired) electrons. The molecule has 0 aliphatic rings. The van der Waals surface area contributed by atoms with Gasteiger partial charge in [-0.1, -0.05) is 6.07 Å². The van der Waals surface area contributed by atoms with Crippen LogP contribution in [0.3, 0.4) is 0 Å². The molecule has 0 aromatic heterocycles. The summed E-state index contributed by atoms with van der Waals surface area (Å²) < 4.78 is 22.5. The monoisotopic (exact) mass is 285 g/mol. The Morgan fingerprint density at radius 1 is 1.26 bits per heavy atom. The van der Waals surface area contributed by atoms with E-state index in [4.69, 9.17) is 5.14 Å². The van der Waals surface area contributed by atoms with Gasteiger partial charge < -0.3 is 10.6 Å². The third-order valence-corrected chi connectivity index (χ3v) is 3.19. The Balaban J connectivity index is 2.99. The lowest BCUT2D eigenvalue weighted by molar-refractivity contribution is 0.244. The van der Waals surface area contributed by atoms with Crippen LogP contribution in [0.4, 0.5) is 10.5 Å². The first-order chi connectivity index (χ1) is 8.49. The van der Waals surface area contributed by atoms with E-state index >= 15 is 0 Å². The zero-order chi connectivity index (χ0) is 14.8. The number of anilines is 1. The van der Waals surface area contributed by atoms with Crippen LogP contribution >= 0.6 is 0 Å². The number of carbonyl (C=O) groups is 1. The molecule has 7 heteroatoms.